The van der Waals surface area contributed by atoms with Gasteiger partial charge in [-0.15, -0.1) is 0 Å². The van der Waals surface area contributed by atoms with E-state index in [0.29, 0.717) is 5.02 Å². The number of para-hydroxylation sites is 1. The smallest absolute Gasteiger partial charge is 0.227 e. The monoisotopic (exact) mass is 350 g/mol. The lowest BCUT2D eigenvalue weighted by Crippen LogP contribution is -2.41. The molecule has 0 heterocycles. The molecule has 0 saturated carbocycles. The van der Waals surface area contributed by atoms with Gasteiger partial charge in [0.25, 0.3) is 0 Å². The fourth-order valence-corrected chi connectivity index (χ4v) is 2.97. The quantitative estimate of drug-likeness (QED) is 0.651. The Labute approximate surface area is 143 Å². The number of aliphatic hydroxyl groups is 1. The van der Waals surface area contributed by atoms with Crippen molar-refractivity contribution in [2.75, 3.05) is 19.1 Å². The van der Waals surface area contributed by atoms with Crippen LogP contribution in [0.15, 0.2) is 48.5 Å². The summed E-state index contributed by atoms with van der Waals surface area (Å²) in [6, 6.07) is 15.4. The molecule has 22 heavy (non-hydrogen) atoms. The predicted octanol–water partition coefficient (Wildman–Crippen LogP) is 4.50. The highest BCUT2D eigenvalue weighted by Crippen LogP contribution is 2.32. The Bertz CT molecular complexity index is 766. The number of benzene rings is 2. The van der Waals surface area contributed by atoms with Crippen LogP contribution in [0.5, 0.6) is 0 Å². The zero-order valence-electron chi connectivity index (χ0n) is 12.2. The molecular formula is C16H15ClN2OS2. The van der Waals surface area contributed by atoms with Crippen molar-refractivity contribution < 1.29 is 5.11 Å². The van der Waals surface area contributed by atoms with Crippen molar-refractivity contribution in [3.63, 3.8) is 0 Å². The molecule has 6 heteroatoms. The number of aliphatic hydroxyl groups excluding tert-OH is 1. The number of rotatable bonds is 3. The number of hydrazine groups is 1. The molecule has 0 radical (unpaired) electrons. The first-order chi connectivity index (χ1) is 10.5. The predicted molar refractivity (Wildman–Crippen MR) is 101 cm³/mol. The van der Waals surface area contributed by atoms with Gasteiger partial charge in [0.15, 0.2) is 0 Å². The number of hydrogen-bond donors (Lipinski definition) is 1. The number of thiocarbonyl (C=S) groups is 1. The van der Waals surface area contributed by atoms with E-state index < -0.39 is 0 Å². The molecule has 0 amide bonds. The van der Waals surface area contributed by atoms with Gasteiger partial charge in [0.1, 0.15) is 0 Å². The standard InChI is InChI=1S/C16H15ClN2OS2/c1-18(2)19(16(20)22-11-21)15-9-4-3-8-14(15)12-6-5-7-13(17)10-12/h3-10,20H,1-2H3. The zero-order chi connectivity index (χ0) is 16.1. The molecule has 3 nitrogen and oxygen atoms in total. The molecule has 0 unspecified atom stereocenters. The molecule has 2 aromatic carbocycles. The fourth-order valence-electron chi connectivity index (χ4n) is 2.13. The van der Waals surface area contributed by atoms with Gasteiger partial charge in [0, 0.05) is 29.0 Å². The highest BCUT2D eigenvalue weighted by Gasteiger charge is 2.17. The van der Waals surface area contributed by atoms with Gasteiger partial charge < -0.3 is 5.11 Å². The van der Waals surface area contributed by atoms with Crippen molar-refractivity contribution in [3.05, 3.63) is 53.6 Å². The third-order valence-electron chi connectivity index (χ3n) is 2.98. The molecule has 0 aliphatic carbocycles. The molecule has 0 aromatic heterocycles. The summed E-state index contributed by atoms with van der Waals surface area (Å²) in [5.41, 5.74) is 2.75. The first kappa shape index (κ1) is 16.9. The Kier molecular flexibility index (Phi) is 5.91. The Morgan fingerprint density at radius 1 is 1.18 bits per heavy atom. The van der Waals surface area contributed by atoms with Crippen LogP contribution in [-0.2, 0) is 0 Å². The molecule has 0 saturated heterocycles. The zero-order valence-corrected chi connectivity index (χ0v) is 14.5. The highest BCUT2D eigenvalue weighted by atomic mass is 35.5. The molecule has 0 atom stereocenters. The van der Waals surface area contributed by atoms with Gasteiger partial charge in [0.05, 0.1) is 5.69 Å². The lowest BCUT2D eigenvalue weighted by atomic mass is 10.0. The fraction of sp³-hybridized carbons (Fsp3) is 0.125. The van der Waals surface area contributed by atoms with Crippen LogP contribution >= 0.6 is 34.8 Å². The molecular weight excluding hydrogens is 336 g/mol. The minimum Gasteiger partial charge on any atom is -0.337 e. The maximum atomic E-state index is 10.3. The van der Waals surface area contributed by atoms with Gasteiger partial charge in [-0.1, -0.05) is 41.9 Å². The van der Waals surface area contributed by atoms with Crippen LogP contribution in [0.4, 0.5) is 5.69 Å². The summed E-state index contributed by atoms with van der Waals surface area (Å²) in [4.78, 5) is 0. The van der Waals surface area contributed by atoms with Crippen LogP contribution in [0.25, 0.3) is 11.1 Å². The molecule has 2 rings (SSSR count). The van der Waals surface area contributed by atoms with E-state index in [1.807, 2.05) is 62.6 Å². The number of hydrogen-bond acceptors (Lipinski definition) is 2. The van der Waals surface area contributed by atoms with E-state index in [-0.39, 0.29) is 5.17 Å². The molecule has 0 fully saturated rings. The SMILES string of the molecule is CN(C)N(C(O)=S=C=S)c1ccccc1-c1cccc(Cl)c1. The largest absolute Gasteiger partial charge is 0.337 e. The second kappa shape index (κ2) is 7.70. The van der Waals surface area contributed by atoms with E-state index in [4.69, 9.17) is 23.8 Å². The average Bonchev–Trinajstić information content (AvgIpc) is 2.48. The molecule has 2 aromatic rings. The van der Waals surface area contributed by atoms with Crippen LogP contribution in [0.1, 0.15) is 0 Å². The van der Waals surface area contributed by atoms with Crippen LogP contribution in [0.2, 0.25) is 5.02 Å². The number of halogens is 1. The van der Waals surface area contributed by atoms with Gasteiger partial charge >= 0.3 is 0 Å². The topological polar surface area (TPSA) is 26.7 Å². The highest BCUT2D eigenvalue weighted by molar-refractivity contribution is 8.04. The van der Waals surface area contributed by atoms with Gasteiger partial charge in [-0.05, 0) is 46.9 Å². The molecule has 114 valence electrons. The van der Waals surface area contributed by atoms with E-state index in [9.17, 15) is 5.11 Å². The summed E-state index contributed by atoms with van der Waals surface area (Å²) in [5, 5.41) is 14.4. The summed E-state index contributed by atoms with van der Waals surface area (Å²) in [6.07, 6.45) is 0. The van der Waals surface area contributed by atoms with Gasteiger partial charge in [0.2, 0.25) is 5.17 Å². The second-order valence-electron chi connectivity index (χ2n) is 4.65. The van der Waals surface area contributed by atoms with E-state index in [2.05, 4.69) is 4.31 Å². The van der Waals surface area contributed by atoms with Gasteiger partial charge in [-0.25, -0.2) is 10.0 Å². The number of anilines is 1. The van der Waals surface area contributed by atoms with Gasteiger partial charge in [-0.3, -0.25) is 0 Å². The average molecular weight is 351 g/mol. The van der Waals surface area contributed by atoms with E-state index in [1.54, 1.807) is 10.0 Å². The lowest BCUT2D eigenvalue weighted by molar-refractivity contribution is 0.393. The molecule has 0 spiro atoms. The summed E-state index contributed by atoms with van der Waals surface area (Å²) >= 11 is 10.8. The van der Waals surface area contributed by atoms with Crippen LogP contribution in [0.3, 0.4) is 0 Å². The van der Waals surface area contributed by atoms with E-state index >= 15 is 0 Å². The van der Waals surface area contributed by atoms with Crippen LogP contribution in [-0.4, -0.2) is 33.7 Å². The normalized spacial score (nSPS) is 10.2. The maximum absolute atomic E-state index is 10.3. The van der Waals surface area contributed by atoms with E-state index in [0.717, 1.165) is 27.8 Å². The van der Waals surface area contributed by atoms with Crippen molar-refractivity contribution in [1.82, 2.24) is 5.01 Å². The first-order valence-corrected chi connectivity index (χ1v) is 8.07. The minimum absolute atomic E-state index is 0.0366. The summed E-state index contributed by atoms with van der Waals surface area (Å²) in [6.45, 7) is 0. The number of nitrogens with zero attached hydrogens (tertiary/aromatic N) is 2. The van der Waals surface area contributed by atoms with Crippen molar-refractivity contribution in [3.8, 4) is 11.1 Å². The Morgan fingerprint density at radius 3 is 2.55 bits per heavy atom. The molecule has 1 N–H and O–H groups in total. The molecule has 0 aliphatic heterocycles. The van der Waals surface area contributed by atoms with Crippen molar-refractivity contribution >= 4 is 49.9 Å². The van der Waals surface area contributed by atoms with E-state index in [1.165, 1.54) is 0 Å². The first-order valence-electron chi connectivity index (χ1n) is 6.47. The van der Waals surface area contributed by atoms with Crippen molar-refractivity contribution in [2.45, 2.75) is 0 Å². The van der Waals surface area contributed by atoms with Crippen molar-refractivity contribution in [2.24, 2.45) is 0 Å². The summed E-state index contributed by atoms with van der Waals surface area (Å²) in [5.74, 6) is 0. The van der Waals surface area contributed by atoms with Crippen LogP contribution < -0.4 is 5.01 Å². The minimum atomic E-state index is 0.0366. The maximum Gasteiger partial charge on any atom is 0.227 e. The molecule has 0 aliphatic rings. The Hall–Kier alpha value is -1.46. The Balaban J connectivity index is 2.65. The van der Waals surface area contributed by atoms with Crippen molar-refractivity contribution in [1.29, 1.82) is 0 Å². The summed E-state index contributed by atoms with van der Waals surface area (Å²) < 4.78 is 2.46. The second-order valence-corrected chi connectivity index (χ2v) is 6.33. The third-order valence-corrected chi connectivity index (χ3v) is 3.91. The molecule has 0 bridgehead atoms. The summed E-state index contributed by atoms with van der Waals surface area (Å²) in [7, 11) is 4.65. The Morgan fingerprint density at radius 2 is 1.91 bits per heavy atom. The third kappa shape index (κ3) is 3.84. The lowest BCUT2D eigenvalue weighted by Gasteiger charge is -2.30. The van der Waals surface area contributed by atoms with Crippen LogP contribution in [0, 0.1) is 0 Å². The van der Waals surface area contributed by atoms with Gasteiger partial charge in [-0.2, -0.15) is 0 Å².